The van der Waals surface area contributed by atoms with Crippen LogP contribution in [0.3, 0.4) is 0 Å². The number of ether oxygens (including phenoxy) is 1. The number of fused-ring (bicyclic) bond motifs is 2. The zero-order valence-corrected chi connectivity index (χ0v) is 15.6. The van der Waals surface area contributed by atoms with Crippen molar-refractivity contribution in [2.45, 2.75) is 57.4 Å². The molecule has 0 saturated carbocycles. The first-order valence-electron chi connectivity index (χ1n) is 9.67. The smallest absolute Gasteiger partial charge is 0.191 e. The quantitative estimate of drug-likeness (QED) is 0.432. The Bertz CT molecular complexity index is 548. The standard InChI is InChI=1S/C20H32N4O/c1-3-21-20(23-18-14-17-10-11-19(18)25-17)22-12-7-13-24(2)15-16-8-5-4-6-9-16/h4-6,8-9,17-19H,3,7,10-15H2,1-2H3,(H2,21,22,23). The van der Waals surface area contributed by atoms with E-state index in [-0.39, 0.29) is 0 Å². The van der Waals surface area contributed by atoms with Gasteiger partial charge in [0.15, 0.2) is 5.96 Å². The summed E-state index contributed by atoms with van der Waals surface area (Å²) in [6.07, 6.45) is 5.45. The first-order chi connectivity index (χ1) is 12.2. The molecule has 3 atom stereocenters. The van der Waals surface area contributed by atoms with Crippen LogP contribution in [0.5, 0.6) is 0 Å². The summed E-state index contributed by atoms with van der Waals surface area (Å²) in [5.74, 6) is 0.939. The van der Waals surface area contributed by atoms with Crippen LogP contribution < -0.4 is 10.6 Å². The van der Waals surface area contributed by atoms with Gasteiger partial charge in [-0.25, -0.2) is 0 Å². The molecule has 2 saturated heterocycles. The Morgan fingerprint density at radius 2 is 2.12 bits per heavy atom. The molecule has 3 rings (SSSR count). The number of hydrogen-bond donors (Lipinski definition) is 2. The van der Waals surface area contributed by atoms with Crippen LogP contribution >= 0.6 is 0 Å². The minimum absolute atomic E-state index is 0.380. The lowest BCUT2D eigenvalue weighted by molar-refractivity contribution is 0.0992. The summed E-state index contributed by atoms with van der Waals surface area (Å²) in [6, 6.07) is 11.0. The second-order valence-electron chi connectivity index (χ2n) is 7.20. The number of nitrogens with one attached hydrogen (secondary N) is 2. The van der Waals surface area contributed by atoms with Crippen LogP contribution in [0, 0.1) is 0 Å². The largest absolute Gasteiger partial charge is 0.373 e. The van der Waals surface area contributed by atoms with E-state index in [2.05, 4.69) is 59.8 Å². The van der Waals surface area contributed by atoms with Crippen molar-refractivity contribution in [3.8, 4) is 0 Å². The summed E-state index contributed by atoms with van der Waals surface area (Å²) in [5.41, 5.74) is 1.36. The van der Waals surface area contributed by atoms with Gasteiger partial charge < -0.3 is 20.3 Å². The Kier molecular flexibility index (Phi) is 6.70. The Hall–Kier alpha value is -1.59. The van der Waals surface area contributed by atoms with Crippen molar-refractivity contribution in [1.29, 1.82) is 0 Å². The Morgan fingerprint density at radius 1 is 1.28 bits per heavy atom. The first kappa shape index (κ1) is 18.2. The maximum absolute atomic E-state index is 5.93. The highest BCUT2D eigenvalue weighted by atomic mass is 16.5. The van der Waals surface area contributed by atoms with Crippen LogP contribution in [0.25, 0.3) is 0 Å². The molecule has 5 nitrogen and oxygen atoms in total. The molecule has 138 valence electrons. The van der Waals surface area contributed by atoms with Gasteiger partial charge in [0.2, 0.25) is 0 Å². The van der Waals surface area contributed by atoms with Gasteiger partial charge in [0, 0.05) is 19.6 Å². The number of rotatable bonds is 8. The van der Waals surface area contributed by atoms with E-state index in [0.717, 1.165) is 45.0 Å². The van der Waals surface area contributed by atoms with Crippen molar-refractivity contribution in [3.05, 3.63) is 35.9 Å². The number of aliphatic imine (C=N–C) groups is 1. The average molecular weight is 345 g/mol. The number of guanidine groups is 1. The van der Waals surface area contributed by atoms with Crippen molar-refractivity contribution < 1.29 is 4.74 Å². The summed E-state index contributed by atoms with van der Waals surface area (Å²) in [7, 11) is 2.17. The summed E-state index contributed by atoms with van der Waals surface area (Å²) < 4.78 is 5.93. The molecule has 0 aromatic heterocycles. The number of hydrogen-bond acceptors (Lipinski definition) is 3. The predicted octanol–water partition coefficient (Wildman–Crippen LogP) is 2.38. The molecule has 25 heavy (non-hydrogen) atoms. The molecule has 2 aliphatic rings. The van der Waals surface area contributed by atoms with Crippen molar-refractivity contribution >= 4 is 5.96 Å². The minimum atomic E-state index is 0.380. The molecular weight excluding hydrogens is 312 g/mol. The summed E-state index contributed by atoms with van der Waals surface area (Å²) in [4.78, 5) is 7.11. The van der Waals surface area contributed by atoms with Gasteiger partial charge in [0.1, 0.15) is 0 Å². The fourth-order valence-corrected chi connectivity index (χ4v) is 3.79. The van der Waals surface area contributed by atoms with Gasteiger partial charge >= 0.3 is 0 Å². The number of benzene rings is 1. The molecule has 2 fully saturated rings. The summed E-state index contributed by atoms with van der Waals surface area (Å²) in [5, 5.41) is 6.94. The molecule has 2 N–H and O–H groups in total. The van der Waals surface area contributed by atoms with Gasteiger partial charge in [-0.05, 0) is 51.8 Å². The second-order valence-corrected chi connectivity index (χ2v) is 7.20. The zero-order valence-electron chi connectivity index (χ0n) is 15.6. The fourth-order valence-electron chi connectivity index (χ4n) is 3.79. The van der Waals surface area contributed by atoms with Gasteiger partial charge in [-0.15, -0.1) is 0 Å². The van der Waals surface area contributed by atoms with E-state index in [9.17, 15) is 0 Å². The van der Waals surface area contributed by atoms with E-state index in [1.165, 1.54) is 18.4 Å². The van der Waals surface area contributed by atoms with Crippen molar-refractivity contribution in [3.63, 3.8) is 0 Å². The average Bonchev–Trinajstić information content (AvgIpc) is 3.22. The number of nitrogens with zero attached hydrogens (tertiary/aromatic N) is 2. The summed E-state index contributed by atoms with van der Waals surface area (Å²) in [6.45, 7) is 5.89. The topological polar surface area (TPSA) is 48.9 Å². The molecule has 3 unspecified atom stereocenters. The molecule has 0 amide bonds. The second kappa shape index (κ2) is 9.20. The highest BCUT2D eigenvalue weighted by molar-refractivity contribution is 5.80. The van der Waals surface area contributed by atoms with Crippen LogP contribution in [-0.4, -0.2) is 55.8 Å². The maximum atomic E-state index is 5.93. The third-order valence-electron chi connectivity index (χ3n) is 5.04. The van der Waals surface area contributed by atoms with Crippen LogP contribution in [0.1, 0.15) is 38.2 Å². The van der Waals surface area contributed by atoms with E-state index < -0.39 is 0 Å². The fraction of sp³-hybridized carbons (Fsp3) is 0.650. The monoisotopic (exact) mass is 344 g/mol. The maximum Gasteiger partial charge on any atom is 0.191 e. The third kappa shape index (κ3) is 5.44. The van der Waals surface area contributed by atoms with Crippen LogP contribution in [-0.2, 0) is 11.3 Å². The summed E-state index contributed by atoms with van der Waals surface area (Å²) >= 11 is 0. The van der Waals surface area contributed by atoms with Gasteiger partial charge in [-0.2, -0.15) is 0 Å². The van der Waals surface area contributed by atoms with Gasteiger partial charge in [-0.3, -0.25) is 4.99 Å². The highest BCUT2D eigenvalue weighted by Crippen LogP contribution is 2.34. The van der Waals surface area contributed by atoms with E-state index in [1.807, 2.05) is 0 Å². The molecule has 2 aliphatic heterocycles. The van der Waals surface area contributed by atoms with Crippen molar-refractivity contribution in [2.24, 2.45) is 4.99 Å². The van der Waals surface area contributed by atoms with Crippen LogP contribution in [0.4, 0.5) is 0 Å². The molecule has 2 bridgehead atoms. The molecule has 0 spiro atoms. The van der Waals surface area contributed by atoms with Gasteiger partial charge in [0.05, 0.1) is 18.2 Å². The molecule has 0 aliphatic carbocycles. The normalized spacial score (nSPS) is 25.6. The van der Waals surface area contributed by atoms with E-state index in [1.54, 1.807) is 0 Å². The highest BCUT2D eigenvalue weighted by Gasteiger charge is 2.41. The van der Waals surface area contributed by atoms with E-state index >= 15 is 0 Å². The molecule has 2 heterocycles. The van der Waals surface area contributed by atoms with Crippen molar-refractivity contribution in [1.82, 2.24) is 15.5 Å². The molecule has 0 radical (unpaired) electrons. The van der Waals surface area contributed by atoms with Crippen LogP contribution in [0.2, 0.25) is 0 Å². The SMILES string of the molecule is CCNC(=NCCCN(C)Cc1ccccc1)NC1CC2CCC1O2. The predicted molar refractivity (Wildman–Crippen MR) is 103 cm³/mol. The van der Waals surface area contributed by atoms with Gasteiger partial charge in [-0.1, -0.05) is 30.3 Å². The molecule has 5 heteroatoms. The third-order valence-corrected chi connectivity index (χ3v) is 5.04. The zero-order chi connectivity index (χ0) is 17.5. The Morgan fingerprint density at radius 3 is 2.80 bits per heavy atom. The minimum Gasteiger partial charge on any atom is -0.373 e. The Balaban J connectivity index is 1.39. The first-order valence-corrected chi connectivity index (χ1v) is 9.67. The lowest BCUT2D eigenvalue weighted by Gasteiger charge is -2.22. The van der Waals surface area contributed by atoms with E-state index in [0.29, 0.717) is 18.2 Å². The molecule has 1 aromatic rings. The van der Waals surface area contributed by atoms with Crippen molar-refractivity contribution in [2.75, 3.05) is 26.7 Å². The van der Waals surface area contributed by atoms with Gasteiger partial charge in [0.25, 0.3) is 0 Å². The van der Waals surface area contributed by atoms with E-state index in [4.69, 9.17) is 9.73 Å². The Labute approximate surface area is 151 Å². The lowest BCUT2D eigenvalue weighted by atomic mass is 9.96. The molecule has 1 aromatic carbocycles. The van der Waals surface area contributed by atoms with Crippen LogP contribution in [0.15, 0.2) is 35.3 Å². The lowest BCUT2D eigenvalue weighted by Crippen LogP contribution is -2.47. The molecular formula is C20H32N4O.